The van der Waals surface area contributed by atoms with Crippen LogP contribution in [0.5, 0.6) is 0 Å². The Balaban J connectivity index is 2.34. The van der Waals surface area contributed by atoms with E-state index in [4.69, 9.17) is 17.3 Å². The van der Waals surface area contributed by atoms with Crippen molar-refractivity contribution in [2.24, 2.45) is 0 Å². The number of hydrogen-bond donors (Lipinski definition) is 1. The van der Waals surface area contributed by atoms with Gasteiger partial charge >= 0.3 is 0 Å². The predicted octanol–water partition coefficient (Wildman–Crippen LogP) is 3.09. The number of aryl methyl sites for hydroxylation is 2. The highest BCUT2D eigenvalue weighted by atomic mass is 35.5. The fraction of sp³-hybridized carbons (Fsp3) is 0.308. The number of halogens is 1. The lowest BCUT2D eigenvalue weighted by Crippen LogP contribution is -2.05. The lowest BCUT2D eigenvalue weighted by molar-refractivity contribution is 0.659. The first kappa shape index (κ1) is 12.0. The zero-order valence-electron chi connectivity index (χ0n) is 10.3. The molecule has 0 saturated carbocycles. The van der Waals surface area contributed by atoms with Crippen molar-refractivity contribution in [3.63, 3.8) is 0 Å². The van der Waals surface area contributed by atoms with Gasteiger partial charge in [0.1, 0.15) is 0 Å². The van der Waals surface area contributed by atoms with Gasteiger partial charge < -0.3 is 5.73 Å². The molecule has 0 aliphatic rings. The zero-order chi connectivity index (χ0) is 12.6. The monoisotopic (exact) mass is 249 g/mol. The van der Waals surface area contributed by atoms with E-state index in [-0.39, 0.29) is 0 Å². The maximum atomic E-state index is 6.21. The summed E-state index contributed by atoms with van der Waals surface area (Å²) in [5.41, 5.74) is 10.7. The average Bonchev–Trinajstić information content (AvgIpc) is 2.50. The Morgan fingerprint density at radius 3 is 2.53 bits per heavy atom. The highest BCUT2D eigenvalue weighted by Gasteiger charge is 2.09. The molecule has 2 N–H and O–H groups in total. The van der Waals surface area contributed by atoms with Crippen molar-refractivity contribution in [2.45, 2.75) is 27.3 Å². The predicted molar refractivity (Wildman–Crippen MR) is 71.4 cm³/mol. The van der Waals surface area contributed by atoms with Gasteiger partial charge in [0.25, 0.3) is 0 Å². The molecule has 1 aromatic carbocycles. The maximum Gasteiger partial charge on any atom is 0.0826 e. The van der Waals surface area contributed by atoms with Crippen molar-refractivity contribution in [3.8, 4) is 0 Å². The standard InChI is InChI=1S/C13H16ClN3/c1-8-4-5-11(12(14)6-8)7-17-10(3)13(15)9(2)16-17/h4-6H,7,15H2,1-3H3. The topological polar surface area (TPSA) is 43.8 Å². The molecular formula is C13H16ClN3. The second-order valence-electron chi connectivity index (χ2n) is 4.34. The fourth-order valence-corrected chi connectivity index (χ4v) is 2.10. The molecule has 0 saturated heterocycles. The van der Waals surface area contributed by atoms with Crippen molar-refractivity contribution in [3.05, 3.63) is 45.7 Å². The minimum absolute atomic E-state index is 0.656. The highest BCUT2D eigenvalue weighted by Crippen LogP contribution is 2.21. The Labute approximate surface area is 106 Å². The smallest absolute Gasteiger partial charge is 0.0826 e. The Morgan fingerprint density at radius 2 is 2.00 bits per heavy atom. The second kappa shape index (κ2) is 4.41. The summed E-state index contributed by atoms with van der Waals surface area (Å²) in [7, 11) is 0. The van der Waals surface area contributed by atoms with E-state index in [0.29, 0.717) is 6.54 Å². The van der Waals surface area contributed by atoms with Crippen LogP contribution in [-0.2, 0) is 6.54 Å². The van der Waals surface area contributed by atoms with Gasteiger partial charge in [0.05, 0.1) is 23.6 Å². The molecule has 0 unspecified atom stereocenters. The molecule has 2 aromatic rings. The molecule has 0 fully saturated rings. The first-order valence-electron chi connectivity index (χ1n) is 5.53. The van der Waals surface area contributed by atoms with E-state index in [2.05, 4.69) is 11.2 Å². The van der Waals surface area contributed by atoms with Gasteiger partial charge in [-0.1, -0.05) is 23.7 Å². The molecule has 0 amide bonds. The van der Waals surface area contributed by atoms with Crippen molar-refractivity contribution in [1.29, 1.82) is 0 Å². The van der Waals surface area contributed by atoms with Crippen molar-refractivity contribution in [2.75, 3.05) is 5.73 Å². The van der Waals surface area contributed by atoms with Crippen molar-refractivity contribution in [1.82, 2.24) is 9.78 Å². The number of nitrogen functional groups attached to an aromatic ring is 1. The molecule has 0 radical (unpaired) electrons. The average molecular weight is 250 g/mol. The summed E-state index contributed by atoms with van der Waals surface area (Å²) in [5, 5.41) is 5.18. The number of benzene rings is 1. The summed E-state index contributed by atoms with van der Waals surface area (Å²) in [6, 6.07) is 6.05. The number of nitrogens with zero attached hydrogens (tertiary/aromatic N) is 2. The van der Waals surface area contributed by atoms with E-state index < -0.39 is 0 Å². The second-order valence-corrected chi connectivity index (χ2v) is 4.74. The molecule has 3 nitrogen and oxygen atoms in total. The molecule has 90 valence electrons. The number of hydrogen-bond acceptors (Lipinski definition) is 2. The van der Waals surface area contributed by atoms with Gasteiger partial charge in [-0.3, -0.25) is 4.68 Å². The Hall–Kier alpha value is -1.48. The normalized spacial score (nSPS) is 10.8. The van der Waals surface area contributed by atoms with E-state index in [1.807, 2.05) is 37.6 Å². The first-order valence-corrected chi connectivity index (χ1v) is 5.91. The van der Waals surface area contributed by atoms with Crippen LogP contribution in [0.2, 0.25) is 5.02 Å². The SMILES string of the molecule is Cc1ccc(Cn2nc(C)c(N)c2C)c(Cl)c1. The molecule has 0 spiro atoms. The lowest BCUT2D eigenvalue weighted by Gasteiger charge is -2.07. The molecule has 2 rings (SSSR count). The summed E-state index contributed by atoms with van der Waals surface area (Å²) >= 11 is 6.21. The largest absolute Gasteiger partial charge is 0.396 e. The Kier molecular flexibility index (Phi) is 3.11. The van der Waals surface area contributed by atoms with Crippen LogP contribution in [0.3, 0.4) is 0 Å². The van der Waals surface area contributed by atoms with Crippen LogP contribution in [0.4, 0.5) is 5.69 Å². The summed E-state index contributed by atoms with van der Waals surface area (Å²) < 4.78 is 1.89. The first-order chi connectivity index (χ1) is 7.99. The minimum atomic E-state index is 0.656. The molecule has 1 heterocycles. The third-order valence-electron chi connectivity index (χ3n) is 2.97. The molecular weight excluding hydrogens is 234 g/mol. The minimum Gasteiger partial charge on any atom is -0.396 e. The van der Waals surface area contributed by atoms with Crippen LogP contribution < -0.4 is 5.73 Å². The van der Waals surface area contributed by atoms with Gasteiger partial charge in [-0.05, 0) is 38.0 Å². The number of aromatic nitrogens is 2. The highest BCUT2D eigenvalue weighted by molar-refractivity contribution is 6.31. The van der Waals surface area contributed by atoms with Gasteiger partial charge in [0.15, 0.2) is 0 Å². The van der Waals surface area contributed by atoms with E-state index >= 15 is 0 Å². The lowest BCUT2D eigenvalue weighted by atomic mass is 10.1. The molecule has 4 heteroatoms. The van der Waals surface area contributed by atoms with E-state index in [0.717, 1.165) is 33.2 Å². The van der Waals surface area contributed by atoms with Crippen LogP contribution in [0, 0.1) is 20.8 Å². The zero-order valence-corrected chi connectivity index (χ0v) is 11.0. The van der Waals surface area contributed by atoms with Crippen LogP contribution in [0.25, 0.3) is 0 Å². The Bertz CT molecular complexity index is 558. The van der Waals surface area contributed by atoms with E-state index in [9.17, 15) is 0 Å². The van der Waals surface area contributed by atoms with Crippen molar-refractivity contribution < 1.29 is 0 Å². The molecule has 1 aromatic heterocycles. The molecule has 0 bridgehead atoms. The van der Waals surface area contributed by atoms with E-state index in [1.165, 1.54) is 0 Å². The van der Waals surface area contributed by atoms with Gasteiger partial charge in [-0.2, -0.15) is 5.10 Å². The summed E-state index contributed by atoms with van der Waals surface area (Å²) in [6.45, 7) is 6.56. The van der Waals surface area contributed by atoms with Gasteiger partial charge in [-0.25, -0.2) is 0 Å². The maximum absolute atomic E-state index is 6.21. The molecule has 0 atom stereocenters. The molecule has 17 heavy (non-hydrogen) atoms. The molecule has 0 aliphatic heterocycles. The number of nitrogens with two attached hydrogens (primary N) is 1. The number of anilines is 1. The third kappa shape index (κ3) is 2.29. The fourth-order valence-electron chi connectivity index (χ4n) is 1.81. The summed E-state index contributed by atoms with van der Waals surface area (Å²) in [4.78, 5) is 0. The summed E-state index contributed by atoms with van der Waals surface area (Å²) in [6.07, 6.45) is 0. The number of rotatable bonds is 2. The Morgan fingerprint density at radius 1 is 1.29 bits per heavy atom. The summed E-state index contributed by atoms with van der Waals surface area (Å²) in [5.74, 6) is 0. The van der Waals surface area contributed by atoms with Crippen molar-refractivity contribution >= 4 is 17.3 Å². The quantitative estimate of drug-likeness (QED) is 0.889. The van der Waals surface area contributed by atoms with Crippen LogP contribution in [0.1, 0.15) is 22.5 Å². The van der Waals surface area contributed by atoms with E-state index in [1.54, 1.807) is 0 Å². The van der Waals surface area contributed by atoms with Crippen LogP contribution in [-0.4, -0.2) is 9.78 Å². The van der Waals surface area contributed by atoms with Gasteiger partial charge in [-0.15, -0.1) is 0 Å². The third-order valence-corrected chi connectivity index (χ3v) is 3.32. The van der Waals surface area contributed by atoms with Gasteiger partial charge in [0.2, 0.25) is 0 Å². The molecule has 0 aliphatic carbocycles. The van der Waals surface area contributed by atoms with Gasteiger partial charge in [0, 0.05) is 5.02 Å². The van der Waals surface area contributed by atoms with Crippen LogP contribution >= 0.6 is 11.6 Å². The van der Waals surface area contributed by atoms with Crippen LogP contribution in [0.15, 0.2) is 18.2 Å².